The minimum Gasteiger partial charge on any atom is -0.314 e. The van der Waals surface area contributed by atoms with Crippen molar-refractivity contribution in [1.82, 2.24) is 29.8 Å². The van der Waals surface area contributed by atoms with Gasteiger partial charge in [-0.05, 0) is 189 Å². The van der Waals surface area contributed by atoms with Crippen LogP contribution in [0.15, 0.2) is 0 Å². The van der Waals surface area contributed by atoms with Crippen LogP contribution in [0, 0.1) is 27.1 Å². The molecule has 0 aromatic heterocycles. The normalized spacial score (nSPS) is 23.6. The zero-order chi connectivity index (χ0) is 62.8. The number of hydrogen-bond acceptors (Lipinski definition) is 7. The summed E-state index contributed by atoms with van der Waals surface area (Å²) in [4.78, 5) is 13.3. The summed E-state index contributed by atoms with van der Waals surface area (Å²) in [5, 5.41) is 3.50. The van der Waals surface area contributed by atoms with E-state index in [1.807, 2.05) is 69.2 Å². The van der Waals surface area contributed by atoms with Gasteiger partial charge in [-0.25, -0.2) is 0 Å². The molecule has 0 aromatic carbocycles. The Kier molecular flexibility index (Phi) is 41.8. The van der Waals surface area contributed by atoms with Crippen molar-refractivity contribution in [3.8, 4) is 0 Å². The van der Waals surface area contributed by atoms with E-state index >= 15 is 0 Å². The van der Waals surface area contributed by atoms with E-state index in [2.05, 4.69) is 249 Å². The molecule has 5 heterocycles. The van der Waals surface area contributed by atoms with Gasteiger partial charge in [0.2, 0.25) is 0 Å². The van der Waals surface area contributed by atoms with E-state index in [9.17, 15) is 0 Å². The van der Waals surface area contributed by atoms with Gasteiger partial charge < -0.3 is 5.32 Å². The molecule has 7 heteroatoms. The summed E-state index contributed by atoms with van der Waals surface area (Å²) in [6, 6.07) is 3.69. The highest BCUT2D eigenvalue weighted by molar-refractivity contribution is 7.99. The smallest absolute Gasteiger partial charge is 0.0453 e. The molecular weight excluding hydrogens is 957 g/mol. The molecule has 0 radical (unpaired) electrons. The molecule has 5 unspecified atom stereocenters. The molecule has 0 spiro atoms. The Hall–Kier alpha value is 0.110. The lowest BCUT2D eigenvalue weighted by molar-refractivity contribution is -0.00414. The van der Waals surface area contributed by atoms with Gasteiger partial charge in [0.05, 0.1) is 0 Å². The van der Waals surface area contributed by atoms with Crippen LogP contribution in [0.25, 0.3) is 0 Å². The fourth-order valence-corrected chi connectivity index (χ4v) is 13.4. The maximum atomic E-state index is 3.50. The average Bonchev–Trinajstić information content (AvgIpc) is 4.12. The van der Waals surface area contributed by atoms with E-state index in [1.165, 1.54) is 82.8 Å². The van der Waals surface area contributed by atoms with Crippen molar-refractivity contribution in [3.63, 3.8) is 0 Å². The van der Waals surface area contributed by atoms with Crippen molar-refractivity contribution in [2.24, 2.45) is 27.1 Å². The molecule has 5 fully saturated rings. The minimum absolute atomic E-state index is 0.292. The zero-order valence-corrected chi connectivity index (χ0v) is 62.5. The number of piperidine rings is 1. The van der Waals surface area contributed by atoms with Gasteiger partial charge >= 0.3 is 0 Å². The number of nitrogens with zero attached hydrogens (tertiary/aromatic N) is 5. The first-order valence-corrected chi connectivity index (χ1v) is 33.9. The number of hydrogen-bond donors (Lipinski definition) is 1. The number of likely N-dealkylation sites (tertiary alicyclic amines) is 3. The first-order chi connectivity index (χ1) is 34.6. The van der Waals surface area contributed by atoms with Crippen LogP contribution in [0.4, 0.5) is 0 Å². The van der Waals surface area contributed by atoms with Gasteiger partial charge in [-0.3, -0.25) is 24.5 Å². The van der Waals surface area contributed by atoms with E-state index in [0.717, 1.165) is 37.3 Å². The summed E-state index contributed by atoms with van der Waals surface area (Å²) >= 11 is 2.07. The summed E-state index contributed by atoms with van der Waals surface area (Å²) < 4.78 is 0. The molecular formula is C70H156N6S. The lowest BCUT2D eigenvalue weighted by Gasteiger charge is -2.50. The lowest BCUT2D eigenvalue weighted by atomic mass is 9.78. The van der Waals surface area contributed by atoms with Crippen molar-refractivity contribution < 1.29 is 0 Å². The van der Waals surface area contributed by atoms with Gasteiger partial charge in [-0.2, -0.15) is 0 Å². The van der Waals surface area contributed by atoms with E-state index in [0.29, 0.717) is 60.8 Å². The Morgan fingerprint density at radius 2 is 0.532 bits per heavy atom. The number of nitrogens with one attached hydrogen (secondary N) is 1. The molecule has 0 saturated carbocycles. The van der Waals surface area contributed by atoms with E-state index in [4.69, 9.17) is 0 Å². The van der Waals surface area contributed by atoms with Crippen LogP contribution >= 0.6 is 11.8 Å². The quantitative estimate of drug-likeness (QED) is 0.258. The highest BCUT2D eigenvalue weighted by Gasteiger charge is 2.43. The second-order valence-electron chi connectivity index (χ2n) is 32.0. The van der Waals surface area contributed by atoms with Gasteiger partial charge in [0.1, 0.15) is 0 Å². The first kappa shape index (κ1) is 85.9. The standard InChI is InChI=1S/C13H27N.C12H26N2.2C12H25N.C11H23NS.5C2H6/c1-12(2,3)11-9-7-8-10-14(11)13(4,5)6;1-11(2,3)10-9-13-7-8-14(10)12(4,5)6;2*1-11(2,3)10-8-7-9-13(10)12(4,5)6;1-10(2,3)9-7-13-8-12(9)11(4,5)6;5*1-2/h11H,7-10H2,1-6H3;10,13H,7-9H2,1-6H3;2*10H,7-9H2,1-6H3;9H,7-8H2,1-6H3;5*1-2H3. The molecule has 5 atom stereocenters. The monoisotopic (exact) mass is 1110 g/mol. The van der Waals surface area contributed by atoms with Gasteiger partial charge in [-0.15, -0.1) is 11.8 Å². The van der Waals surface area contributed by atoms with Crippen LogP contribution in [0.1, 0.15) is 322 Å². The molecule has 0 aromatic rings. The molecule has 77 heavy (non-hydrogen) atoms. The SMILES string of the molecule is CC.CC.CC.CC.CC.CC(C)(C)C1CCCCN1C(C)(C)C.CC(C)(C)C1CCCN1C(C)(C)C.CC(C)(C)C1CCCN1C(C)(C)C.CC(C)(C)C1CNCCN1C(C)(C)C.CC(C)(C)C1CSCN1C(C)(C)C. The molecule has 0 aliphatic carbocycles. The third-order valence-electron chi connectivity index (χ3n) is 15.4. The van der Waals surface area contributed by atoms with Crippen LogP contribution in [0.5, 0.6) is 0 Å². The highest BCUT2D eigenvalue weighted by Crippen LogP contribution is 2.40. The second-order valence-corrected chi connectivity index (χ2v) is 33.0. The summed E-state index contributed by atoms with van der Waals surface area (Å²) in [5.74, 6) is 2.49. The Morgan fingerprint density at radius 3 is 0.753 bits per heavy atom. The van der Waals surface area contributed by atoms with Crippen molar-refractivity contribution in [2.75, 3.05) is 50.9 Å². The molecule has 5 aliphatic rings. The van der Waals surface area contributed by atoms with Crippen LogP contribution in [-0.4, -0.2) is 133 Å². The predicted molar refractivity (Wildman–Crippen MR) is 363 cm³/mol. The van der Waals surface area contributed by atoms with E-state index in [-0.39, 0.29) is 0 Å². The maximum absolute atomic E-state index is 3.50. The van der Waals surface area contributed by atoms with Crippen molar-refractivity contribution >= 4 is 11.8 Å². The molecule has 0 amide bonds. The second kappa shape index (κ2) is 37.4. The van der Waals surface area contributed by atoms with Crippen molar-refractivity contribution in [3.05, 3.63) is 0 Å². The number of rotatable bonds is 0. The molecule has 1 N–H and O–H groups in total. The van der Waals surface area contributed by atoms with Crippen molar-refractivity contribution in [2.45, 2.75) is 380 Å². The highest BCUT2D eigenvalue weighted by atomic mass is 32.2. The molecule has 0 bridgehead atoms. The first-order valence-electron chi connectivity index (χ1n) is 32.8. The fourth-order valence-electron chi connectivity index (χ4n) is 11.7. The number of thioether (sulfide) groups is 1. The van der Waals surface area contributed by atoms with Gasteiger partial charge in [0, 0.05) is 89.2 Å². The van der Waals surface area contributed by atoms with Gasteiger partial charge in [-0.1, -0.05) is 180 Å². The lowest BCUT2D eigenvalue weighted by Crippen LogP contribution is -2.62. The Bertz CT molecular complexity index is 1140. The van der Waals surface area contributed by atoms with Gasteiger partial charge in [0.15, 0.2) is 0 Å². The minimum atomic E-state index is 0.292. The van der Waals surface area contributed by atoms with E-state index < -0.39 is 0 Å². The third-order valence-corrected chi connectivity index (χ3v) is 16.5. The molecule has 5 rings (SSSR count). The van der Waals surface area contributed by atoms with Gasteiger partial charge in [0.25, 0.3) is 0 Å². The Labute approximate surface area is 496 Å². The fraction of sp³-hybridized carbons (Fsp3) is 1.00. The third kappa shape index (κ3) is 33.3. The Morgan fingerprint density at radius 1 is 0.286 bits per heavy atom. The van der Waals surface area contributed by atoms with E-state index in [1.54, 1.807) is 0 Å². The molecule has 6 nitrogen and oxygen atoms in total. The summed E-state index contributed by atoms with van der Waals surface area (Å²) in [7, 11) is 0. The summed E-state index contributed by atoms with van der Waals surface area (Å²) in [6.45, 7) is 97.6. The average molecular weight is 1110 g/mol. The van der Waals surface area contributed by atoms with Crippen LogP contribution in [0.2, 0.25) is 0 Å². The maximum Gasteiger partial charge on any atom is 0.0453 e. The summed E-state index contributed by atoms with van der Waals surface area (Å²) in [5.41, 5.74) is 3.70. The number of piperazine rings is 1. The predicted octanol–water partition coefficient (Wildman–Crippen LogP) is 20.7. The zero-order valence-electron chi connectivity index (χ0n) is 61.6. The Balaban J connectivity index is -0.000000269. The van der Waals surface area contributed by atoms with Crippen LogP contribution in [-0.2, 0) is 0 Å². The van der Waals surface area contributed by atoms with Crippen molar-refractivity contribution in [1.29, 1.82) is 0 Å². The molecule has 472 valence electrons. The molecule has 5 aliphatic heterocycles. The summed E-state index contributed by atoms with van der Waals surface area (Å²) in [6.07, 6.45) is 9.67. The largest absolute Gasteiger partial charge is 0.314 e. The topological polar surface area (TPSA) is 28.2 Å². The van der Waals surface area contributed by atoms with Crippen LogP contribution < -0.4 is 5.32 Å². The van der Waals surface area contributed by atoms with Crippen LogP contribution in [0.3, 0.4) is 0 Å². The molecule has 5 saturated heterocycles.